The molecule has 2 aliphatic rings. The van der Waals surface area contributed by atoms with Crippen LogP contribution in [0.15, 0.2) is 18.2 Å². The summed E-state index contributed by atoms with van der Waals surface area (Å²) in [6.45, 7) is 0.0334. The lowest BCUT2D eigenvalue weighted by Gasteiger charge is -2.19. The molecule has 3 amide bonds. The molecule has 0 spiro atoms. The third-order valence-electron chi connectivity index (χ3n) is 4.70. The molecule has 1 saturated carbocycles. The molecule has 0 unspecified atom stereocenters. The highest BCUT2D eigenvalue weighted by Gasteiger charge is 2.47. The minimum Gasteiger partial charge on any atom is -0.324 e. The molecule has 1 aromatic carbocycles. The zero-order valence-electron chi connectivity index (χ0n) is 13.1. The van der Waals surface area contributed by atoms with Crippen LogP contribution in [0.4, 0.5) is 10.1 Å². The number of rotatable bonds is 4. The number of hydrogen-bond donors (Lipinski definition) is 1. The maximum atomic E-state index is 13.7. The first-order valence-electron chi connectivity index (χ1n) is 8.07. The van der Waals surface area contributed by atoms with Crippen molar-refractivity contribution in [3.05, 3.63) is 29.0 Å². The van der Waals surface area contributed by atoms with Crippen molar-refractivity contribution in [1.82, 2.24) is 4.90 Å². The van der Waals surface area contributed by atoms with E-state index in [0.717, 1.165) is 31.7 Å². The van der Waals surface area contributed by atoms with E-state index in [1.807, 2.05) is 0 Å². The van der Waals surface area contributed by atoms with Crippen molar-refractivity contribution in [2.45, 2.75) is 32.1 Å². The number of likely N-dealkylation sites (tertiary alicyclic amines) is 1. The second-order valence-corrected chi connectivity index (χ2v) is 6.68. The third-order valence-corrected chi connectivity index (χ3v) is 4.94. The first-order chi connectivity index (χ1) is 11.5. The molecule has 24 heavy (non-hydrogen) atoms. The predicted molar refractivity (Wildman–Crippen MR) is 86.8 cm³/mol. The number of nitrogens with zero attached hydrogens (tertiary/aromatic N) is 1. The van der Waals surface area contributed by atoms with Crippen LogP contribution < -0.4 is 5.32 Å². The fraction of sp³-hybridized carbons (Fsp3) is 0.471. The summed E-state index contributed by atoms with van der Waals surface area (Å²) in [7, 11) is 0. The van der Waals surface area contributed by atoms with E-state index in [0.29, 0.717) is 0 Å². The van der Waals surface area contributed by atoms with Crippen LogP contribution in [0, 0.1) is 17.7 Å². The Hall–Kier alpha value is -1.95. The van der Waals surface area contributed by atoms with E-state index in [-0.39, 0.29) is 47.3 Å². The Morgan fingerprint density at radius 1 is 1.21 bits per heavy atom. The zero-order chi connectivity index (χ0) is 17.3. The number of fused-ring (bicyclic) bond motifs is 1. The fourth-order valence-electron chi connectivity index (χ4n) is 3.47. The normalized spacial score (nSPS) is 23.3. The molecule has 128 valence electrons. The van der Waals surface area contributed by atoms with Gasteiger partial charge in [0.2, 0.25) is 17.7 Å². The standard InChI is InChI=1S/C17H18ClFN2O3/c18-10-5-6-14(13(19)9-10)20-15(22)7-8-21-16(23)11-3-1-2-4-12(11)17(21)24/h5-6,9,11-12H,1-4,7-8H2,(H,20,22)/t11-,12+. The summed E-state index contributed by atoms with van der Waals surface area (Å²) in [5, 5.41) is 2.67. The topological polar surface area (TPSA) is 66.5 Å². The van der Waals surface area contributed by atoms with Gasteiger partial charge < -0.3 is 5.32 Å². The number of hydrogen-bond acceptors (Lipinski definition) is 3. The second kappa shape index (κ2) is 6.89. The molecule has 5 nitrogen and oxygen atoms in total. The van der Waals surface area contributed by atoms with Gasteiger partial charge in [-0.1, -0.05) is 24.4 Å². The summed E-state index contributed by atoms with van der Waals surface area (Å²) in [4.78, 5) is 37.8. The van der Waals surface area contributed by atoms with Crippen LogP contribution in [-0.4, -0.2) is 29.2 Å². The Bertz CT molecular complexity index is 670. The van der Waals surface area contributed by atoms with Crippen molar-refractivity contribution < 1.29 is 18.8 Å². The number of amides is 3. The molecule has 0 radical (unpaired) electrons. The van der Waals surface area contributed by atoms with Gasteiger partial charge in [-0.2, -0.15) is 0 Å². The SMILES string of the molecule is O=C(CCN1C(=O)[C@H]2CCCC[C@H]2C1=O)Nc1ccc(Cl)cc1F. The Kier molecular flexibility index (Phi) is 4.85. The predicted octanol–water partition coefficient (Wildman–Crippen LogP) is 2.98. The van der Waals surface area contributed by atoms with E-state index in [4.69, 9.17) is 11.6 Å². The van der Waals surface area contributed by atoms with Crippen molar-refractivity contribution in [3.63, 3.8) is 0 Å². The molecule has 2 fully saturated rings. The number of carbonyl (C=O) groups excluding carboxylic acids is 3. The molecule has 1 aromatic rings. The Balaban J connectivity index is 1.58. The maximum Gasteiger partial charge on any atom is 0.233 e. The fourth-order valence-corrected chi connectivity index (χ4v) is 3.63. The van der Waals surface area contributed by atoms with Gasteiger partial charge in [-0.3, -0.25) is 19.3 Å². The van der Waals surface area contributed by atoms with Gasteiger partial charge >= 0.3 is 0 Å². The van der Waals surface area contributed by atoms with E-state index in [1.165, 1.54) is 17.0 Å². The van der Waals surface area contributed by atoms with Crippen molar-refractivity contribution in [3.8, 4) is 0 Å². The summed E-state index contributed by atoms with van der Waals surface area (Å²) in [5.74, 6) is -1.86. The Labute approximate surface area is 144 Å². The molecule has 3 rings (SSSR count). The maximum absolute atomic E-state index is 13.7. The minimum atomic E-state index is -0.629. The molecule has 0 aromatic heterocycles. The average Bonchev–Trinajstić information content (AvgIpc) is 2.80. The molecule has 1 N–H and O–H groups in total. The van der Waals surface area contributed by atoms with Gasteiger partial charge in [-0.05, 0) is 31.0 Å². The van der Waals surface area contributed by atoms with Crippen molar-refractivity contribution in [2.75, 3.05) is 11.9 Å². The van der Waals surface area contributed by atoms with Crippen molar-refractivity contribution in [1.29, 1.82) is 0 Å². The van der Waals surface area contributed by atoms with Gasteiger partial charge in [0.15, 0.2) is 0 Å². The van der Waals surface area contributed by atoms with Gasteiger partial charge in [0.05, 0.1) is 17.5 Å². The molecular formula is C17H18ClFN2O3. The van der Waals surface area contributed by atoms with E-state index in [2.05, 4.69) is 5.32 Å². The number of carbonyl (C=O) groups is 3. The van der Waals surface area contributed by atoms with Crippen LogP contribution >= 0.6 is 11.6 Å². The number of anilines is 1. The van der Waals surface area contributed by atoms with E-state index >= 15 is 0 Å². The van der Waals surface area contributed by atoms with E-state index < -0.39 is 11.7 Å². The quantitative estimate of drug-likeness (QED) is 0.847. The highest BCUT2D eigenvalue weighted by molar-refractivity contribution is 6.30. The van der Waals surface area contributed by atoms with Gasteiger partial charge in [-0.15, -0.1) is 0 Å². The molecule has 1 saturated heterocycles. The molecular weight excluding hydrogens is 335 g/mol. The molecule has 0 bridgehead atoms. The Morgan fingerprint density at radius 3 is 2.42 bits per heavy atom. The smallest absolute Gasteiger partial charge is 0.233 e. The molecule has 2 atom stereocenters. The molecule has 7 heteroatoms. The first kappa shape index (κ1) is 16.9. The highest BCUT2D eigenvalue weighted by atomic mass is 35.5. The van der Waals surface area contributed by atoms with Gasteiger partial charge in [0, 0.05) is 18.0 Å². The summed E-state index contributed by atoms with van der Waals surface area (Å²) in [5.41, 5.74) is 0.0251. The van der Waals surface area contributed by atoms with Crippen LogP contribution in [0.3, 0.4) is 0 Å². The van der Waals surface area contributed by atoms with Gasteiger partial charge in [0.25, 0.3) is 0 Å². The highest BCUT2D eigenvalue weighted by Crippen LogP contribution is 2.38. The van der Waals surface area contributed by atoms with Crippen LogP contribution in [0.5, 0.6) is 0 Å². The lowest BCUT2D eigenvalue weighted by atomic mass is 9.81. The van der Waals surface area contributed by atoms with Crippen molar-refractivity contribution >= 4 is 35.0 Å². The summed E-state index contributed by atoms with van der Waals surface area (Å²) >= 11 is 5.66. The first-order valence-corrected chi connectivity index (χ1v) is 8.45. The van der Waals surface area contributed by atoms with Crippen LogP contribution in [-0.2, 0) is 14.4 Å². The molecule has 1 aliphatic heterocycles. The lowest BCUT2D eigenvalue weighted by Crippen LogP contribution is -2.34. The minimum absolute atomic E-state index is 0.0251. The number of halogens is 2. The molecule has 1 aliphatic carbocycles. The van der Waals surface area contributed by atoms with Crippen LogP contribution in [0.25, 0.3) is 0 Å². The monoisotopic (exact) mass is 352 g/mol. The number of nitrogens with one attached hydrogen (secondary N) is 1. The number of imide groups is 1. The summed E-state index contributed by atoms with van der Waals surface area (Å²) in [6.07, 6.45) is 3.36. The summed E-state index contributed by atoms with van der Waals surface area (Å²) < 4.78 is 13.7. The van der Waals surface area contributed by atoms with Crippen LogP contribution in [0.2, 0.25) is 5.02 Å². The van der Waals surface area contributed by atoms with Gasteiger partial charge in [-0.25, -0.2) is 4.39 Å². The second-order valence-electron chi connectivity index (χ2n) is 6.25. The zero-order valence-corrected chi connectivity index (χ0v) is 13.8. The van der Waals surface area contributed by atoms with E-state index in [9.17, 15) is 18.8 Å². The molecule has 1 heterocycles. The lowest BCUT2D eigenvalue weighted by molar-refractivity contribution is -0.140. The summed E-state index contributed by atoms with van der Waals surface area (Å²) in [6, 6.07) is 3.95. The van der Waals surface area contributed by atoms with E-state index in [1.54, 1.807) is 0 Å². The van der Waals surface area contributed by atoms with Crippen molar-refractivity contribution in [2.24, 2.45) is 11.8 Å². The van der Waals surface area contributed by atoms with Crippen LogP contribution in [0.1, 0.15) is 32.1 Å². The Morgan fingerprint density at radius 2 is 1.83 bits per heavy atom. The third kappa shape index (κ3) is 3.29. The largest absolute Gasteiger partial charge is 0.324 e. The van der Waals surface area contributed by atoms with Gasteiger partial charge in [0.1, 0.15) is 5.82 Å². The average molecular weight is 353 g/mol. The number of benzene rings is 1.